The van der Waals surface area contributed by atoms with Crippen molar-refractivity contribution < 1.29 is 4.39 Å². The lowest BCUT2D eigenvalue weighted by molar-refractivity contribution is 0.590. The predicted octanol–water partition coefficient (Wildman–Crippen LogP) is 3.83. The van der Waals surface area contributed by atoms with Crippen LogP contribution in [0.15, 0.2) is 42.5 Å². The number of anilines is 1. The Hall–Kier alpha value is -1.58. The molecule has 0 saturated heterocycles. The van der Waals surface area contributed by atoms with Crippen molar-refractivity contribution in [3.63, 3.8) is 0 Å². The van der Waals surface area contributed by atoms with E-state index >= 15 is 0 Å². The normalized spacial score (nSPS) is 12.2. The van der Waals surface area contributed by atoms with E-state index in [1.54, 1.807) is 12.1 Å². The summed E-state index contributed by atoms with van der Waals surface area (Å²) >= 11 is 6.11. The van der Waals surface area contributed by atoms with Crippen LogP contribution in [0, 0.1) is 5.82 Å². The van der Waals surface area contributed by atoms with Crippen molar-refractivity contribution >= 4 is 17.3 Å². The van der Waals surface area contributed by atoms with E-state index in [4.69, 9.17) is 17.3 Å². The fourth-order valence-electron chi connectivity index (χ4n) is 2.37. The van der Waals surface area contributed by atoms with Crippen LogP contribution in [-0.2, 0) is 6.42 Å². The van der Waals surface area contributed by atoms with Gasteiger partial charge in [-0.2, -0.15) is 0 Å². The lowest BCUT2D eigenvalue weighted by Crippen LogP contribution is -2.17. The molecule has 0 heterocycles. The van der Waals surface area contributed by atoms with Gasteiger partial charge in [-0.05, 0) is 42.8 Å². The fourth-order valence-corrected chi connectivity index (χ4v) is 2.61. The number of rotatable bonds is 5. The second-order valence-corrected chi connectivity index (χ2v) is 5.73. The minimum Gasteiger partial charge on any atom is -0.378 e. The number of hydrogen-bond donors (Lipinski definition) is 1. The van der Waals surface area contributed by atoms with Crippen molar-refractivity contribution in [1.82, 2.24) is 0 Å². The van der Waals surface area contributed by atoms with Crippen LogP contribution in [0.5, 0.6) is 0 Å². The summed E-state index contributed by atoms with van der Waals surface area (Å²) in [5, 5.41) is 0.456. The Morgan fingerprint density at radius 2 is 1.90 bits per heavy atom. The van der Waals surface area contributed by atoms with Crippen LogP contribution < -0.4 is 10.6 Å². The summed E-state index contributed by atoms with van der Waals surface area (Å²) in [6, 6.07) is 12.9. The van der Waals surface area contributed by atoms with Crippen LogP contribution in [0.4, 0.5) is 10.1 Å². The first-order valence-corrected chi connectivity index (χ1v) is 7.31. The van der Waals surface area contributed by atoms with Crippen molar-refractivity contribution in [2.75, 3.05) is 25.5 Å². The van der Waals surface area contributed by atoms with Crippen molar-refractivity contribution in [3.8, 4) is 0 Å². The smallest absolute Gasteiger partial charge is 0.127 e. The van der Waals surface area contributed by atoms with Gasteiger partial charge in [0, 0.05) is 36.3 Å². The van der Waals surface area contributed by atoms with Gasteiger partial charge in [-0.3, -0.25) is 0 Å². The average molecular weight is 307 g/mol. The lowest BCUT2D eigenvalue weighted by atomic mass is 9.91. The van der Waals surface area contributed by atoms with E-state index in [0.29, 0.717) is 23.6 Å². The predicted molar refractivity (Wildman–Crippen MR) is 87.7 cm³/mol. The molecule has 1 atom stereocenters. The maximum absolute atomic E-state index is 13.9. The largest absolute Gasteiger partial charge is 0.378 e. The molecule has 2 rings (SSSR count). The summed E-state index contributed by atoms with van der Waals surface area (Å²) < 4.78 is 13.9. The molecule has 0 fully saturated rings. The van der Waals surface area contributed by atoms with Gasteiger partial charge in [-0.1, -0.05) is 29.8 Å². The zero-order valence-corrected chi connectivity index (χ0v) is 13.1. The number of hydrogen-bond acceptors (Lipinski definition) is 2. The fraction of sp³-hybridized carbons (Fsp3) is 0.294. The highest BCUT2D eigenvalue weighted by Crippen LogP contribution is 2.28. The molecule has 0 spiro atoms. The van der Waals surface area contributed by atoms with Gasteiger partial charge < -0.3 is 10.6 Å². The quantitative estimate of drug-likeness (QED) is 0.909. The second kappa shape index (κ2) is 6.92. The molecule has 21 heavy (non-hydrogen) atoms. The number of nitrogens with zero attached hydrogens (tertiary/aromatic N) is 1. The maximum atomic E-state index is 13.9. The molecule has 2 aromatic carbocycles. The van der Waals surface area contributed by atoms with E-state index in [0.717, 1.165) is 11.3 Å². The van der Waals surface area contributed by atoms with Crippen LogP contribution in [0.25, 0.3) is 0 Å². The van der Waals surface area contributed by atoms with Crippen molar-refractivity contribution in [1.29, 1.82) is 0 Å². The third kappa shape index (κ3) is 3.74. The molecular formula is C17H20ClFN2. The molecule has 0 aromatic heterocycles. The van der Waals surface area contributed by atoms with Crippen LogP contribution >= 0.6 is 11.6 Å². The number of halogens is 2. The molecule has 2 aromatic rings. The summed E-state index contributed by atoms with van der Waals surface area (Å²) in [5.41, 5.74) is 8.63. The van der Waals surface area contributed by atoms with E-state index < -0.39 is 0 Å². The van der Waals surface area contributed by atoms with Crippen molar-refractivity contribution in [2.24, 2.45) is 5.73 Å². The first kappa shape index (κ1) is 15.8. The topological polar surface area (TPSA) is 29.3 Å². The van der Waals surface area contributed by atoms with Crippen molar-refractivity contribution in [2.45, 2.75) is 12.3 Å². The Labute approximate surface area is 130 Å². The van der Waals surface area contributed by atoms with Gasteiger partial charge in [0.1, 0.15) is 5.82 Å². The first-order valence-electron chi connectivity index (χ1n) is 6.93. The molecule has 112 valence electrons. The minimum atomic E-state index is -0.273. The lowest BCUT2D eigenvalue weighted by Gasteiger charge is -2.19. The van der Waals surface area contributed by atoms with Crippen molar-refractivity contribution in [3.05, 3.63) is 64.4 Å². The van der Waals surface area contributed by atoms with Gasteiger partial charge in [0.2, 0.25) is 0 Å². The molecule has 2 N–H and O–H groups in total. The molecule has 0 amide bonds. The van der Waals surface area contributed by atoms with E-state index in [1.165, 1.54) is 6.07 Å². The molecule has 0 saturated carbocycles. The highest BCUT2D eigenvalue weighted by atomic mass is 35.5. The van der Waals surface area contributed by atoms with Gasteiger partial charge in [0.15, 0.2) is 0 Å². The van der Waals surface area contributed by atoms with Gasteiger partial charge in [0.05, 0.1) is 0 Å². The molecule has 2 nitrogen and oxygen atoms in total. The second-order valence-electron chi connectivity index (χ2n) is 5.33. The van der Waals surface area contributed by atoms with Gasteiger partial charge in [-0.15, -0.1) is 0 Å². The Bertz CT molecular complexity index is 593. The van der Waals surface area contributed by atoms with Crippen LogP contribution in [0.3, 0.4) is 0 Å². The zero-order chi connectivity index (χ0) is 15.4. The number of benzene rings is 2. The molecule has 1 unspecified atom stereocenters. The summed E-state index contributed by atoms with van der Waals surface area (Å²) in [4.78, 5) is 2.03. The summed E-state index contributed by atoms with van der Waals surface area (Å²) in [5.74, 6) is -0.232. The maximum Gasteiger partial charge on any atom is 0.127 e. The standard InChI is InChI=1S/C17H20ClFN2/c1-21(2)14-6-3-5-12(9-14)13(11-20)10-15-16(18)7-4-8-17(15)19/h3-9,13H,10-11,20H2,1-2H3. The average Bonchev–Trinajstić information content (AvgIpc) is 2.47. The highest BCUT2D eigenvalue weighted by molar-refractivity contribution is 6.31. The molecule has 0 aliphatic carbocycles. The number of nitrogens with two attached hydrogens (primary N) is 1. The molecule has 4 heteroatoms. The molecule has 0 radical (unpaired) electrons. The SMILES string of the molecule is CN(C)c1cccc(C(CN)Cc2c(F)cccc2Cl)c1. The summed E-state index contributed by atoms with van der Waals surface area (Å²) in [6.45, 7) is 0.446. The van der Waals surface area contributed by atoms with Gasteiger partial charge >= 0.3 is 0 Å². The van der Waals surface area contributed by atoms with E-state index in [1.807, 2.05) is 37.2 Å². The van der Waals surface area contributed by atoms with Crippen LogP contribution in [-0.4, -0.2) is 20.6 Å². The Morgan fingerprint density at radius 3 is 2.52 bits per heavy atom. The third-order valence-electron chi connectivity index (χ3n) is 3.65. The third-order valence-corrected chi connectivity index (χ3v) is 4.01. The Morgan fingerprint density at radius 1 is 1.19 bits per heavy atom. The van der Waals surface area contributed by atoms with E-state index in [9.17, 15) is 4.39 Å². The van der Waals surface area contributed by atoms with E-state index in [2.05, 4.69) is 6.07 Å². The molecule has 0 aliphatic heterocycles. The molecular weight excluding hydrogens is 287 g/mol. The van der Waals surface area contributed by atoms with Crippen LogP contribution in [0.1, 0.15) is 17.0 Å². The van der Waals surface area contributed by atoms with Gasteiger partial charge in [-0.25, -0.2) is 4.39 Å². The molecule has 0 bridgehead atoms. The Balaban J connectivity index is 2.30. The van der Waals surface area contributed by atoms with Gasteiger partial charge in [0.25, 0.3) is 0 Å². The minimum absolute atomic E-state index is 0.0410. The Kier molecular flexibility index (Phi) is 5.21. The van der Waals surface area contributed by atoms with E-state index in [-0.39, 0.29) is 11.7 Å². The monoisotopic (exact) mass is 306 g/mol. The summed E-state index contributed by atoms with van der Waals surface area (Å²) in [6.07, 6.45) is 0.499. The first-order chi connectivity index (χ1) is 10.0. The highest BCUT2D eigenvalue weighted by Gasteiger charge is 2.16. The zero-order valence-electron chi connectivity index (χ0n) is 12.3. The molecule has 0 aliphatic rings. The van der Waals surface area contributed by atoms with Crippen LogP contribution in [0.2, 0.25) is 5.02 Å². The summed E-state index contributed by atoms with van der Waals surface area (Å²) in [7, 11) is 3.98.